The highest BCUT2D eigenvalue weighted by Gasteiger charge is 2.41. The molecule has 0 N–H and O–H groups in total. The number of rotatable bonds is 4. The van der Waals surface area contributed by atoms with Crippen LogP contribution in [0.25, 0.3) is 0 Å². The SMILES string of the molecule is COc1ccc([C@@H]2Oc3ccccc3[C@H]3CC(c4ccc5c(c4)OCCO5)=NN32)cc1OC. The first-order valence-electron chi connectivity index (χ1n) is 11.0. The lowest BCUT2D eigenvalue weighted by molar-refractivity contribution is -0.0191. The Morgan fingerprint density at radius 3 is 2.52 bits per heavy atom. The second-order valence-electron chi connectivity index (χ2n) is 8.13. The van der Waals surface area contributed by atoms with Crippen LogP contribution in [0.2, 0.25) is 0 Å². The van der Waals surface area contributed by atoms with E-state index in [0.717, 1.165) is 46.1 Å². The molecule has 0 saturated heterocycles. The Hall–Kier alpha value is -3.87. The van der Waals surface area contributed by atoms with Crippen molar-refractivity contribution in [3.8, 4) is 28.7 Å². The Kier molecular flexibility index (Phi) is 4.75. The number of methoxy groups -OCH3 is 2. The molecule has 168 valence electrons. The van der Waals surface area contributed by atoms with E-state index < -0.39 is 0 Å². The lowest BCUT2D eigenvalue weighted by atomic mass is 9.95. The molecule has 7 nitrogen and oxygen atoms in total. The number of fused-ring (bicyclic) bond motifs is 4. The zero-order chi connectivity index (χ0) is 22.4. The maximum Gasteiger partial charge on any atom is 0.214 e. The maximum atomic E-state index is 6.46. The molecule has 0 amide bonds. The molecule has 3 aromatic rings. The largest absolute Gasteiger partial charge is 0.493 e. The predicted octanol–water partition coefficient (Wildman–Crippen LogP) is 4.72. The Morgan fingerprint density at radius 2 is 1.67 bits per heavy atom. The fourth-order valence-electron chi connectivity index (χ4n) is 4.66. The molecule has 0 spiro atoms. The van der Waals surface area contributed by atoms with Gasteiger partial charge < -0.3 is 23.7 Å². The smallest absolute Gasteiger partial charge is 0.214 e. The Bertz CT molecular complexity index is 1240. The number of hydrazone groups is 1. The van der Waals surface area contributed by atoms with Crippen LogP contribution in [0.4, 0.5) is 0 Å². The highest BCUT2D eigenvalue weighted by Crippen LogP contribution is 2.48. The summed E-state index contributed by atoms with van der Waals surface area (Å²) >= 11 is 0. The fourth-order valence-corrected chi connectivity index (χ4v) is 4.66. The van der Waals surface area contributed by atoms with Gasteiger partial charge in [0.25, 0.3) is 0 Å². The first-order chi connectivity index (χ1) is 16.2. The monoisotopic (exact) mass is 444 g/mol. The summed E-state index contributed by atoms with van der Waals surface area (Å²) in [6.07, 6.45) is 0.378. The van der Waals surface area contributed by atoms with Gasteiger partial charge in [-0.3, -0.25) is 0 Å². The summed E-state index contributed by atoms with van der Waals surface area (Å²) in [5.74, 6) is 3.75. The molecule has 0 unspecified atom stereocenters. The van der Waals surface area contributed by atoms with Gasteiger partial charge in [0.1, 0.15) is 19.0 Å². The topological polar surface area (TPSA) is 61.8 Å². The van der Waals surface area contributed by atoms with Crippen LogP contribution >= 0.6 is 0 Å². The van der Waals surface area contributed by atoms with Crippen LogP contribution in [0.3, 0.4) is 0 Å². The van der Waals surface area contributed by atoms with Crippen molar-refractivity contribution in [2.24, 2.45) is 5.10 Å². The van der Waals surface area contributed by atoms with E-state index in [1.807, 2.05) is 54.6 Å². The van der Waals surface area contributed by atoms with E-state index in [2.05, 4.69) is 11.1 Å². The number of hydrogen-bond acceptors (Lipinski definition) is 7. The van der Waals surface area contributed by atoms with Gasteiger partial charge in [-0.05, 0) is 42.5 Å². The van der Waals surface area contributed by atoms with Crippen LogP contribution in [-0.4, -0.2) is 38.2 Å². The number of nitrogens with zero attached hydrogens (tertiary/aromatic N) is 2. The van der Waals surface area contributed by atoms with E-state index >= 15 is 0 Å². The van der Waals surface area contributed by atoms with Crippen LogP contribution in [-0.2, 0) is 0 Å². The summed E-state index contributed by atoms with van der Waals surface area (Å²) in [5, 5.41) is 7.09. The highest BCUT2D eigenvalue weighted by atomic mass is 16.6. The van der Waals surface area contributed by atoms with Crippen LogP contribution in [0.1, 0.15) is 35.4 Å². The van der Waals surface area contributed by atoms with Crippen molar-refractivity contribution >= 4 is 5.71 Å². The van der Waals surface area contributed by atoms with E-state index in [-0.39, 0.29) is 12.3 Å². The molecule has 0 aromatic heterocycles. The Labute approximate surface area is 192 Å². The summed E-state index contributed by atoms with van der Waals surface area (Å²) < 4.78 is 28.9. The van der Waals surface area contributed by atoms with Gasteiger partial charge in [-0.15, -0.1) is 0 Å². The minimum atomic E-state index is -0.389. The van der Waals surface area contributed by atoms with Gasteiger partial charge >= 0.3 is 0 Å². The van der Waals surface area contributed by atoms with Gasteiger partial charge in [0.05, 0.1) is 26.0 Å². The molecule has 0 bridgehead atoms. The lowest BCUT2D eigenvalue weighted by Crippen LogP contribution is -2.33. The van der Waals surface area contributed by atoms with Gasteiger partial charge in [-0.25, -0.2) is 5.01 Å². The van der Waals surface area contributed by atoms with Crippen LogP contribution in [0.5, 0.6) is 28.7 Å². The third kappa shape index (κ3) is 3.31. The van der Waals surface area contributed by atoms with Crippen LogP contribution in [0.15, 0.2) is 65.8 Å². The van der Waals surface area contributed by atoms with Crippen LogP contribution in [0, 0.1) is 0 Å². The fraction of sp³-hybridized carbons (Fsp3) is 0.269. The molecule has 3 aliphatic heterocycles. The average molecular weight is 444 g/mol. The number of para-hydroxylation sites is 1. The van der Waals surface area contributed by atoms with Crippen molar-refractivity contribution in [1.29, 1.82) is 0 Å². The molecule has 0 radical (unpaired) electrons. The molecule has 0 saturated carbocycles. The van der Waals surface area contributed by atoms with Crippen molar-refractivity contribution in [3.05, 3.63) is 77.4 Å². The quantitative estimate of drug-likeness (QED) is 0.581. The number of ether oxygens (including phenoxy) is 5. The van der Waals surface area contributed by atoms with Gasteiger partial charge in [0, 0.05) is 23.1 Å². The number of hydrogen-bond donors (Lipinski definition) is 0. The Morgan fingerprint density at radius 1 is 0.848 bits per heavy atom. The minimum absolute atomic E-state index is 0.0660. The van der Waals surface area contributed by atoms with Crippen molar-refractivity contribution < 1.29 is 23.7 Å². The summed E-state index contributed by atoms with van der Waals surface area (Å²) in [7, 11) is 3.26. The normalized spacial score (nSPS) is 20.3. The van der Waals surface area contributed by atoms with E-state index in [1.165, 1.54) is 0 Å². The molecule has 33 heavy (non-hydrogen) atoms. The molecule has 0 fully saturated rings. The summed E-state index contributed by atoms with van der Waals surface area (Å²) in [6, 6.07) is 20.1. The molecule has 7 heteroatoms. The minimum Gasteiger partial charge on any atom is -0.493 e. The van der Waals surface area contributed by atoms with Gasteiger partial charge in [-0.2, -0.15) is 5.10 Å². The summed E-state index contributed by atoms with van der Waals surface area (Å²) in [4.78, 5) is 0. The van der Waals surface area contributed by atoms with Crippen molar-refractivity contribution in [1.82, 2.24) is 5.01 Å². The molecule has 2 atom stereocenters. The van der Waals surface area contributed by atoms with Crippen LogP contribution < -0.4 is 23.7 Å². The first kappa shape index (κ1) is 19.8. The average Bonchev–Trinajstić information content (AvgIpc) is 3.33. The van der Waals surface area contributed by atoms with Crippen molar-refractivity contribution in [2.75, 3.05) is 27.4 Å². The molecule has 6 rings (SSSR count). The standard InChI is InChI=1S/C26H24N2O5/c1-29-22-9-8-17(14-24(22)30-2)26-28-20(18-5-3-4-6-21(18)33-26)15-19(27-28)16-7-10-23-25(13-16)32-12-11-31-23/h3-10,13-14,20,26H,11-12,15H2,1-2H3/t20-,26+/m1/s1. The molecule has 3 heterocycles. The van der Waals surface area contributed by atoms with E-state index in [0.29, 0.717) is 24.7 Å². The van der Waals surface area contributed by atoms with E-state index in [9.17, 15) is 0 Å². The van der Waals surface area contributed by atoms with Gasteiger partial charge in [0.2, 0.25) is 6.23 Å². The molecule has 3 aliphatic rings. The van der Waals surface area contributed by atoms with Crippen molar-refractivity contribution in [2.45, 2.75) is 18.7 Å². The second-order valence-corrected chi connectivity index (χ2v) is 8.13. The summed E-state index contributed by atoms with van der Waals surface area (Å²) in [6.45, 7) is 1.13. The van der Waals surface area contributed by atoms with Crippen molar-refractivity contribution in [3.63, 3.8) is 0 Å². The molecule has 3 aromatic carbocycles. The molecular formula is C26H24N2O5. The highest BCUT2D eigenvalue weighted by molar-refractivity contribution is 6.02. The van der Waals surface area contributed by atoms with E-state index in [4.69, 9.17) is 28.8 Å². The number of benzene rings is 3. The third-order valence-corrected chi connectivity index (χ3v) is 6.27. The first-order valence-corrected chi connectivity index (χ1v) is 11.0. The van der Waals surface area contributed by atoms with Gasteiger partial charge in [0.15, 0.2) is 23.0 Å². The second kappa shape index (κ2) is 7.92. The zero-order valence-corrected chi connectivity index (χ0v) is 18.5. The lowest BCUT2D eigenvalue weighted by Gasteiger charge is -2.38. The maximum absolute atomic E-state index is 6.46. The molecule has 0 aliphatic carbocycles. The van der Waals surface area contributed by atoms with E-state index in [1.54, 1.807) is 14.2 Å². The summed E-state index contributed by atoms with van der Waals surface area (Å²) in [5.41, 5.74) is 4.09. The molecular weight excluding hydrogens is 420 g/mol. The zero-order valence-electron chi connectivity index (χ0n) is 18.5. The van der Waals surface area contributed by atoms with Gasteiger partial charge in [-0.1, -0.05) is 18.2 Å². The predicted molar refractivity (Wildman–Crippen MR) is 123 cm³/mol. The third-order valence-electron chi connectivity index (χ3n) is 6.27. The Balaban J connectivity index is 1.41.